The van der Waals surface area contributed by atoms with Crippen molar-refractivity contribution in [3.63, 3.8) is 0 Å². The number of carbonyl (C=O) groups excluding carboxylic acids is 1. The zero-order valence-electron chi connectivity index (χ0n) is 11.4. The molecule has 1 aliphatic rings. The number of hydrogen-bond donors (Lipinski definition) is 3. The second-order valence-corrected chi connectivity index (χ2v) is 6.01. The quantitative estimate of drug-likeness (QED) is 0.735. The van der Waals surface area contributed by atoms with Crippen molar-refractivity contribution in [2.24, 2.45) is 5.41 Å². The Hall–Kier alpha value is -1.47. The highest BCUT2D eigenvalue weighted by molar-refractivity contribution is 7.09. The summed E-state index contributed by atoms with van der Waals surface area (Å²) in [6.07, 6.45) is 2.69. The molecular weight excluding hydrogens is 278 g/mol. The summed E-state index contributed by atoms with van der Waals surface area (Å²) in [5, 5.41) is 17.1. The van der Waals surface area contributed by atoms with Gasteiger partial charge in [0.15, 0.2) is 5.69 Å². The van der Waals surface area contributed by atoms with E-state index >= 15 is 0 Å². The Morgan fingerprint density at radius 3 is 2.95 bits per heavy atom. The van der Waals surface area contributed by atoms with E-state index in [2.05, 4.69) is 22.5 Å². The van der Waals surface area contributed by atoms with Crippen LogP contribution in [-0.4, -0.2) is 35.1 Å². The van der Waals surface area contributed by atoms with E-state index in [1.54, 1.807) is 0 Å². The summed E-state index contributed by atoms with van der Waals surface area (Å²) in [5.41, 5.74) is -0.285. The summed E-state index contributed by atoms with van der Waals surface area (Å²) >= 11 is 1.25. The Morgan fingerprint density at radius 2 is 2.40 bits per heavy atom. The van der Waals surface area contributed by atoms with Crippen LogP contribution in [0.25, 0.3) is 0 Å². The van der Waals surface area contributed by atoms with Gasteiger partial charge in [0, 0.05) is 11.9 Å². The third-order valence-electron chi connectivity index (χ3n) is 3.62. The summed E-state index contributed by atoms with van der Waals surface area (Å²) in [6, 6.07) is 0. The fraction of sp³-hybridized carbons (Fsp3) is 0.615. The van der Waals surface area contributed by atoms with Crippen molar-refractivity contribution < 1.29 is 14.7 Å². The zero-order chi connectivity index (χ0) is 14.6. The van der Waals surface area contributed by atoms with Crippen LogP contribution < -0.4 is 10.6 Å². The molecule has 110 valence electrons. The summed E-state index contributed by atoms with van der Waals surface area (Å²) in [6.45, 7) is 3.95. The molecule has 7 heteroatoms. The number of aromatic carboxylic acids is 1. The predicted molar refractivity (Wildman–Crippen MR) is 75.7 cm³/mol. The van der Waals surface area contributed by atoms with Gasteiger partial charge < -0.3 is 15.7 Å². The molecule has 0 bridgehead atoms. The van der Waals surface area contributed by atoms with E-state index in [1.807, 2.05) is 0 Å². The lowest BCUT2D eigenvalue weighted by atomic mass is 9.81. The Balaban J connectivity index is 1.95. The molecule has 0 saturated carbocycles. The number of carboxylic acids is 1. The van der Waals surface area contributed by atoms with Crippen molar-refractivity contribution in [2.45, 2.75) is 32.7 Å². The molecule has 1 aliphatic heterocycles. The van der Waals surface area contributed by atoms with Crippen LogP contribution in [0, 0.1) is 5.41 Å². The van der Waals surface area contributed by atoms with Gasteiger partial charge in [-0.05, 0) is 19.4 Å². The number of rotatable bonds is 6. The van der Waals surface area contributed by atoms with Gasteiger partial charge in [-0.2, -0.15) is 0 Å². The van der Waals surface area contributed by atoms with Crippen molar-refractivity contribution in [3.8, 4) is 0 Å². The maximum Gasteiger partial charge on any atom is 0.355 e. The van der Waals surface area contributed by atoms with Gasteiger partial charge >= 0.3 is 5.97 Å². The van der Waals surface area contributed by atoms with Crippen LogP contribution in [0.3, 0.4) is 0 Å². The van der Waals surface area contributed by atoms with Crippen LogP contribution >= 0.6 is 11.3 Å². The SMILES string of the molecule is CCCC1(C(=O)NCc2nc(C(=O)O)cs2)CCNC1. The first kappa shape index (κ1) is 14.9. The van der Waals surface area contributed by atoms with Crippen LogP contribution in [0.5, 0.6) is 0 Å². The Labute approximate surface area is 121 Å². The highest BCUT2D eigenvalue weighted by Crippen LogP contribution is 2.31. The number of amides is 1. The van der Waals surface area contributed by atoms with Gasteiger partial charge in [-0.25, -0.2) is 9.78 Å². The molecule has 1 unspecified atom stereocenters. The minimum Gasteiger partial charge on any atom is -0.476 e. The van der Waals surface area contributed by atoms with Crippen molar-refractivity contribution in [1.29, 1.82) is 0 Å². The van der Waals surface area contributed by atoms with Gasteiger partial charge in [-0.1, -0.05) is 13.3 Å². The second-order valence-electron chi connectivity index (χ2n) is 5.07. The summed E-state index contributed by atoms with van der Waals surface area (Å²) < 4.78 is 0. The van der Waals surface area contributed by atoms with Crippen LogP contribution in [0.4, 0.5) is 0 Å². The summed E-state index contributed by atoms with van der Waals surface area (Å²) in [4.78, 5) is 27.1. The van der Waals surface area contributed by atoms with Crippen molar-refractivity contribution in [3.05, 3.63) is 16.1 Å². The number of hydrogen-bond acceptors (Lipinski definition) is 5. The molecule has 20 heavy (non-hydrogen) atoms. The number of aromatic nitrogens is 1. The van der Waals surface area contributed by atoms with E-state index in [4.69, 9.17) is 5.11 Å². The fourth-order valence-corrected chi connectivity index (χ4v) is 3.28. The average Bonchev–Trinajstić information content (AvgIpc) is 3.06. The molecule has 1 saturated heterocycles. The van der Waals surface area contributed by atoms with Crippen molar-refractivity contribution in [2.75, 3.05) is 13.1 Å². The standard InChI is InChI=1S/C13H19N3O3S/c1-2-3-13(4-5-14-8-13)12(19)15-6-10-16-9(7-20-10)11(17)18/h7,14H,2-6,8H2,1H3,(H,15,19)(H,17,18). The average molecular weight is 297 g/mol. The Kier molecular flexibility index (Phi) is 4.72. The van der Waals surface area contributed by atoms with Gasteiger partial charge in [0.05, 0.1) is 12.0 Å². The molecule has 1 aromatic heterocycles. The first-order valence-electron chi connectivity index (χ1n) is 6.74. The van der Waals surface area contributed by atoms with E-state index in [0.29, 0.717) is 18.1 Å². The largest absolute Gasteiger partial charge is 0.476 e. The lowest BCUT2D eigenvalue weighted by molar-refractivity contribution is -0.130. The minimum atomic E-state index is -1.04. The van der Waals surface area contributed by atoms with Crippen LogP contribution in [0.2, 0.25) is 0 Å². The normalized spacial score (nSPS) is 21.9. The van der Waals surface area contributed by atoms with E-state index in [0.717, 1.165) is 25.8 Å². The maximum atomic E-state index is 12.4. The van der Waals surface area contributed by atoms with Crippen LogP contribution in [0.15, 0.2) is 5.38 Å². The first-order chi connectivity index (χ1) is 9.57. The molecule has 1 aromatic rings. The zero-order valence-corrected chi connectivity index (χ0v) is 12.3. The maximum absolute atomic E-state index is 12.4. The predicted octanol–water partition coefficient (Wildman–Crippen LogP) is 1.24. The molecule has 0 aliphatic carbocycles. The summed E-state index contributed by atoms with van der Waals surface area (Å²) in [7, 11) is 0. The molecule has 1 atom stereocenters. The second kappa shape index (κ2) is 6.32. The lowest BCUT2D eigenvalue weighted by Gasteiger charge is -2.26. The molecule has 0 radical (unpaired) electrons. The number of nitrogens with one attached hydrogen (secondary N) is 2. The number of carbonyl (C=O) groups is 2. The third-order valence-corrected chi connectivity index (χ3v) is 4.47. The third kappa shape index (κ3) is 3.16. The molecule has 2 heterocycles. The van der Waals surface area contributed by atoms with Gasteiger partial charge in [-0.3, -0.25) is 4.79 Å². The van der Waals surface area contributed by atoms with E-state index in [9.17, 15) is 9.59 Å². The molecule has 0 spiro atoms. The number of nitrogens with zero attached hydrogens (tertiary/aromatic N) is 1. The van der Waals surface area contributed by atoms with Gasteiger partial charge in [0.2, 0.25) is 5.91 Å². The van der Waals surface area contributed by atoms with Gasteiger partial charge in [0.25, 0.3) is 0 Å². The Morgan fingerprint density at radius 1 is 1.60 bits per heavy atom. The van der Waals surface area contributed by atoms with Gasteiger partial charge in [0.1, 0.15) is 5.01 Å². The minimum absolute atomic E-state index is 0.0325. The lowest BCUT2D eigenvalue weighted by Crippen LogP contribution is -2.42. The Bertz CT molecular complexity index is 495. The molecule has 1 amide bonds. The molecule has 0 aromatic carbocycles. The molecule has 6 nitrogen and oxygen atoms in total. The van der Waals surface area contributed by atoms with E-state index in [-0.39, 0.29) is 17.0 Å². The number of thiazole rings is 1. The number of carboxylic acid groups (broad SMARTS) is 1. The first-order valence-corrected chi connectivity index (χ1v) is 7.62. The topological polar surface area (TPSA) is 91.3 Å². The molecular formula is C13H19N3O3S. The van der Waals surface area contributed by atoms with Crippen molar-refractivity contribution in [1.82, 2.24) is 15.6 Å². The van der Waals surface area contributed by atoms with E-state index in [1.165, 1.54) is 16.7 Å². The van der Waals surface area contributed by atoms with Crippen LogP contribution in [-0.2, 0) is 11.3 Å². The van der Waals surface area contributed by atoms with Gasteiger partial charge in [-0.15, -0.1) is 11.3 Å². The smallest absolute Gasteiger partial charge is 0.355 e. The van der Waals surface area contributed by atoms with E-state index < -0.39 is 5.97 Å². The molecule has 3 N–H and O–H groups in total. The van der Waals surface area contributed by atoms with Crippen molar-refractivity contribution >= 4 is 23.2 Å². The van der Waals surface area contributed by atoms with Crippen LogP contribution in [0.1, 0.15) is 41.7 Å². The highest BCUT2D eigenvalue weighted by atomic mass is 32.1. The molecule has 2 rings (SSSR count). The summed E-state index contributed by atoms with van der Waals surface area (Å²) in [5.74, 6) is -1.00. The molecule has 1 fully saturated rings. The highest BCUT2D eigenvalue weighted by Gasteiger charge is 2.40. The monoisotopic (exact) mass is 297 g/mol. The fourth-order valence-electron chi connectivity index (χ4n) is 2.58.